The molecule has 1 amide bonds. The fraction of sp³-hybridized carbons (Fsp3) is 0.387. The molecular weight excluding hydrogens is 526 g/mol. The maximum absolute atomic E-state index is 12.7. The molecule has 9 heteroatoms. The molecule has 8 nitrogen and oxygen atoms in total. The van der Waals surface area contributed by atoms with Gasteiger partial charge in [0.1, 0.15) is 5.75 Å². The Balaban J connectivity index is 1.57. The zero-order valence-corrected chi connectivity index (χ0v) is 24.9. The van der Waals surface area contributed by atoms with Crippen LogP contribution in [0.5, 0.6) is 5.75 Å². The van der Waals surface area contributed by atoms with Crippen molar-refractivity contribution in [3.8, 4) is 5.75 Å². The predicted octanol–water partition coefficient (Wildman–Crippen LogP) is 4.19. The van der Waals surface area contributed by atoms with Gasteiger partial charge in [0.15, 0.2) is 0 Å². The molecule has 3 aromatic carbocycles. The third-order valence-corrected chi connectivity index (χ3v) is 7.37. The summed E-state index contributed by atoms with van der Waals surface area (Å²) in [6, 6.07) is 16.5. The van der Waals surface area contributed by atoms with Crippen LogP contribution in [0.15, 0.2) is 54.6 Å². The second kappa shape index (κ2) is 12.8. The molecule has 0 radical (unpaired) electrons. The molecule has 0 bridgehead atoms. The smallest absolute Gasteiger partial charge is 0.229 e. The molecule has 3 rings (SSSR count). The van der Waals surface area contributed by atoms with E-state index in [0.29, 0.717) is 18.5 Å². The van der Waals surface area contributed by atoms with Gasteiger partial charge in [0.05, 0.1) is 24.5 Å². The van der Waals surface area contributed by atoms with Gasteiger partial charge in [-0.25, -0.2) is 8.42 Å². The molecule has 216 valence electrons. The van der Waals surface area contributed by atoms with Crippen molar-refractivity contribution in [3.05, 3.63) is 93.5 Å². The largest absolute Gasteiger partial charge is 0.506 e. The molecule has 0 spiro atoms. The molecule has 0 heterocycles. The Morgan fingerprint density at radius 3 is 2.27 bits per heavy atom. The van der Waals surface area contributed by atoms with Crippen molar-refractivity contribution in [3.63, 3.8) is 0 Å². The zero-order chi connectivity index (χ0) is 29.7. The quantitative estimate of drug-likeness (QED) is 0.209. The number of sulfonamides is 1. The van der Waals surface area contributed by atoms with Gasteiger partial charge in [-0.05, 0) is 86.6 Å². The highest BCUT2D eigenvalue weighted by atomic mass is 32.2. The van der Waals surface area contributed by atoms with E-state index in [9.17, 15) is 23.4 Å². The van der Waals surface area contributed by atoms with Crippen molar-refractivity contribution in [2.24, 2.45) is 0 Å². The number of phenolic OH excluding ortho intramolecular Hbond substituents is 1. The number of benzene rings is 3. The van der Waals surface area contributed by atoms with Gasteiger partial charge in [0.25, 0.3) is 0 Å². The van der Waals surface area contributed by atoms with Crippen LogP contribution in [0.3, 0.4) is 0 Å². The van der Waals surface area contributed by atoms with Crippen LogP contribution in [0.25, 0.3) is 0 Å². The molecule has 5 N–H and O–H groups in total. The lowest BCUT2D eigenvalue weighted by atomic mass is 9.93. The summed E-state index contributed by atoms with van der Waals surface area (Å²) in [7, 11) is -3.58. The van der Waals surface area contributed by atoms with Crippen molar-refractivity contribution in [2.45, 2.75) is 65.6 Å². The average molecular weight is 568 g/mol. The maximum atomic E-state index is 12.7. The van der Waals surface area contributed by atoms with Gasteiger partial charge in [-0.15, -0.1) is 0 Å². The molecule has 3 aromatic rings. The number of β-amino-alcohol motifs (C(OH)–C–C–N with tert-alkyl or cyclic N) is 1. The number of phenols is 1. The summed E-state index contributed by atoms with van der Waals surface area (Å²) < 4.78 is 25.4. The summed E-state index contributed by atoms with van der Waals surface area (Å²) in [5, 5.41) is 27.1. The van der Waals surface area contributed by atoms with Crippen molar-refractivity contribution in [1.29, 1.82) is 0 Å². The van der Waals surface area contributed by atoms with Gasteiger partial charge >= 0.3 is 0 Å². The Bertz CT molecular complexity index is 1440. The molecule has 0 fully saturated rings. The van der Waals surface area contributed by atoms with E-state index in [2.05, 4.69) is 48.3 Å². The molecular formula is C31H41N3O5S. The normalized spacial score (nSPS) is 12.7. The maximum Gasteiger partial charge on any atom is 0.229 e. The summed E-state index contributed by atoms with van der Waals surface area (Å²) >= 11 is 0. The lowest BCUT2D eigenvalue weighted by Gasteiger charge is -2.28. The van der Waals surface area contributed by atoms with Gasteiger partial charge in [-0.3, -0.25) is 9.52 Å². The van der Waals surface area contributed by atoms with Crippen LogP contribution in [0.2, 0.25) is 0 Å². The van der Waals surface area contributed by atoms with Gasteiger partial charge in [-0.2, -0.15) is 0 Å². The Morgan fingerprint density at radius 2 is 1.62 bits per heavy atom. The van der Waals surface area contributed by atoms with Crippen molar-refractivity contribution in [2.75, 3.05) is 17.5 Å². The van der Waals surface area contributed by atoms with Crippen LogP contribution in [0.4, 0.5) is 5.69 Å². The van der Waals surface area contributed by atoms with Crippen LogP contribution in [-0.4, -0.2) is 42.9 Å². The first-order valence-corrected chi connectivity index (χ1v) is 15.2. The number of aliphatic hydroxyl groups is 1. The average Bonchev–Trinajstić information content (AvgIpc) is 2.82. The molecule has 40 heavy (non-hydrogen) atoms. The van der Waals surface area contributed by atoms with E-state index in [1.165, 1.54) is 28.8 Å². The fourth-order valence-corrected chi connectivity index (χ4v) is 5.44. The number of aliphatic hydroxyl groups excluding tert-OH is 1. The Labute approximate surface area is 237 Å². The van der Waals surface area contributed by atoms with Gasteiger partial charge in [0, 0.05) is 18.6 Å². The summed E-state index contributed by atoms with van der Waals surface area (Å²) in [6.45, 7) is 11.0. The highest BCUT2D eigenvalue weighted by Gasteiger charge is 2.21. The second-order valence-electron chi connectivity index (χ2n) is 11.3. The number of amides is 1. The van der Waals surface area contributed by atoms with E-state index in [-0.39, 0.29) is 35.8 Å². The first kappa shape index (κ1) is 31.1. The minimum atomic E-state index is -3.58. The van der Waals surface area contributed by atoms with Gasteiger partial charge in [0.2, 0.25) is 15.9 Å². The molecule has 0 aliphatic carbocycles. The molecule has 0 saturated heterocycles. The van der Waals surface area contributed by atoms with E-state index < -0.39 is 16.1 Å². The van der Waals surface area contributed by atoms with Gasteiger partial charge in [-0.1, -0.05) is 48.0 Å². The Kier molecular flexibility index (Phi) is 10.00. The highest BCUT2D eigenvalue weighted by molar-refractivity contribution is 7.92. The summed E-state index contributed by atoms with van der Waals surface area (Å²) in [6.07, 6.45) is 1.02. The van der Waals surface area contributed by atoms with Crippen LogP contribution in [0, 0.1) is 20.8 Å². The predicted molar refractivity (Wildman–Crippen MR) is 160 cm³/mol. The standard InChI is InChI=1S/C31H41N3O5S/c1-20-12-21(2)26(22(3)13-20)18-32-30(37)15-23-8-7-9-24(14-23)17-31(4,5)33-19-29(36)25-10-11-28(35)27(16-25)34-40(6,38)39/h7-14,16,29,33-36H,15,17-19H2,1-6H3,(H,32,37)/t29-/m1/s1. The third-order valence-electron chi connectivity index (χ3n) is 6.78. The summed E-state index contributed by atoms with van der Waals surface area (Å²) in [4.78, 5) is 12.7. The lowest BCUT2D eigenvalue weighted by molar-refractivity contribution is -0.120. The van der Waals surface area contributed by atoms with E-state index in [1.54, 1.807) is 6.07 Å². The topological polar surface area (TPSA) is 128 Å². The molecule has 1 atom stereocenters. The first-order chi connectivity index (χ1) is 18.6. The third kappa shape index (κ3) is 9.36. The molecule has 0 saturated carbocycles. The lowest BCUT2D eigenvalue weighted by Crippen LogP contribution is -2.43. The van der Waals surface area contributed by atoms with E-state index in [4.69, 9.17) is 0 Å². The van der Waals surface area contributed by atoms with E-state index >= 15 is 0 Å². The van der Waals surface area contributed by atoms with E-state index in [1.807, 2.05) is 38.1 Å². The van der Waals surface area contributed by atoms with E-state index in [0.717, 1.165) is 22.9 Å². The number of aromatic hydroxyl groups is 1. The van der Waals surface area contributed by atoms with Crippen molar-refractivity contribution >= 4 is 21.6 Å². The van der Waals surface area contributed by atoms with Crippen molar-refractivity contribution in [1.82, 2.24) is 10.6 Å². The fourth-order valence-electron chi connectivity index (χ4n) is 4.88. The number of carbonyl (C=O) groups is 1. The van der Waals surface area contributed by atoms with Crippen LogP contribution < -0.4 is 15.4 Å². The summed E-state index contributed by atoms with van der Waals surface area (Å²) in [5.74, 6) is -0.251. The number of hydrogen-bond donors (Lipinski definition) is 5. The van der Waals surface area contributed by atoms with Crippen LogP contribution >= 0.6 is 0 Å². The molecule has 0 aliphatic rings. The van der Waals surface area contributed by atoms with Crippen LogP contribution in [-0.2, 0) is 34.2 Å². The number of anilines is 1. The monoisotopic (exact) mass is 567 g/mol. The number of carbonyl (C=O) groups excluding carboxylic acids is 1. The van der Waals surface area contributed by atoms with Crippen LogP contribution in [0.1, 0.15) is 58.9 Å². The molecule has 0 aliphatic heterocycles. The zero-order valence-electron chi connectivity index (χ0n) is 24.1. The Morgan fingerprint density at radius 1 is 0.975 bits per heavy atom. The second-order valence-corrected chi connectivity index (χ2v) is 13.0. The Hall–Kier alpha value is -3.40. The SMILES string of the molecule is Cc1cc(C)c(CNC(=O)Cc2cccc(CC(C)(C)NC[C@@H](O)c3ccc(O)c(NS(C)(=O)=O)c3)c2)c(C)c1. The first-order valence-electron chi connectivity index (χ1n) is 13.3. The number of rotatable bonds is 12. The molecule has 0 aromatic heterocycles. The highest BCUT2D eigenvalue weighted by Crippen LogP contribution is 2.28. The number of nitrogens with one attached hydrogen (secondary N) is 3. The summed E-state index contributed by atoms with van der Waals surface area (Å²) in [5.41, 5.74) is 6.81. The minimum Gasteiger partial charge on any atom is -0.506 e. The number of hydrogen-bond acceptors (Lipinski definition) is 6. The number of aryl methyl sites for hydroxylation is 3. The molecule has 0 unspecified atom stereocenters. The van der Waals surface area contributed by atoms with Crippen molar-refractivity contribution < 1.29 is 23.4 Å². The minimum absolute atomic E-state index is 0.0169. The van der Waals surface area contributed by atoms with Gasteiger partial charge < -0.3 is 20.8 Å².